The summed E-state index contributed by atoms with van der Waals surface area (Å²) in [5.74, 6) is 0.124. The highest BCUT2D eigenvalue weighted by molar-refractivity contribution is 6.04. The fraction of sp³-hybridized carbons (Fsp3) is 0.526. The number of Topliss-reactive ketones (excluding diaryl/α,β-unsaturated/α-hetero) is 2. The van der Waals surface area contributed by atoms with Crippen molar-refractivity contribution in [2.75, 3.05) is 5.32 Å². The normalized spacial score (nSPS) is 31.2. The van der Waals surface area contributed by atoms with Gasteiger partial charge in [0, 0.05) is 23.1 Å². The van der Waals surface area contributed by atoms with E-state index in [0.717, 1.165) is 12.8 Å². The second-order valence-electron chi connectivity index (χ2n) is 7.73. The van der Waals surface area contributed by atoms with Crippen molar-refractivity contribution in [2.45, 2.75) is 47.0 Å². The summed E-state index contributed by atoms with van der Waals surface area (Å²) in [5.41, 5.74) is -0.0920. The van der Waals surface area contributed by atoms with E-state index in [9.17, 15) is 14.4 Å². The van der Waals surface area contributed by atoms with Crippen LogP contribution >= 0.6 is 0 Å². The molecular weight excluding hydrogens is 290 g/mol. The fourth-order valence-corrected chi connectivity index (χ4v) is 4.40. The van der Waals surface area contributed by atoms with Crippen LogP contribution < -0.4 is 5.32 Å². The van der Waals surface area contributed by atoms with Crippen LogP contribution in [0.3, 0.4) is 0 Å². The van der Waals surface area contributed by atoms with Gasteiger partial charge in [0.1, 0.15) is 5.78 Å². The molecule has 122 valence electrons. The van der Waals surface area contributed by atoms with Crippen LogP contribution in [0.15, 0.2) is 24.3 Å². The first-order chi connectivity index (χ1) is 10.6. The summed E-state index contributed by atoms with van der Waals surface area (Å²) >= 11 is 0. The van der Waals surface area contributed by atoms with Crippen molar-refractivity contribution in [2.24, 2.45) is 16.2 Å². The molecule has 0 spiro atoms. The minimum absolute atomic E-state index is 0.00412. The SMILES string of the molecule is CC(=O)c1ccc(NC(=O)[C@]23CC[C@](C)(C(=O)C2)C3(C)C)cc1. The predicted molar refractivity (Wildman–Crippen MR) is 88.3 cm³/mol. The number of carbonyl (C=O) groups is 3. The number of rotatable bonds is 3. The third-order valence-electron chi connectivity index (χ3n) is 6.69. The lowest BCUT2D eigenvalue weighted by Crippen LogP contribution is -2.43. The molecule has 2 fully saturated rings. The van der Waals surface area contributed by atoms with Gasteiger partial charge in [-0.25, -0.2) is 0 Å². The number of carbonyl (C=O) groups excluding carboxylic acids is 3. The minimum Gasteiger partial charge on any atom is -0.326 e. The Morgan fingerprint density at radius 2 is 1.65 bits per heavy atom. The number of amides is 1. The van der Waals surface area contributed by atoms with Gasteiger partial charge in [0.25, 0.3) is 0 Å². The number of fused-ring (bicyclic) bond motifs is 2. The molecule has 0 aromatic heterocycles. The van der Waals surface area contributed by atoms with Crippen molar-refractivity contribution in [1.29, 1.82) is 0 Å². The van der Waals surface area contributed by atoms with E-state index in [4.69, 9.17) is 0 Å². The maximum atomic E-state index is 13.0. The van der Waals surface area contributed by atoms with E-state index < -0.39 is 10.8 Å². The van der Waals surface area contributed by atoms with Gasteiger partial charge in [0.05, 0.1) is 5.41 Å². The van der Waals surface area contributed by atoms with Crippen molar-refractivity contribution >= 4 is 23.2 Å². The summed E-state index contributed by atoms with van der Waals surface area (Å²) in [4.78, 5) is 36.7. The summed E-state index contributed by atoms with van der Waals surface area (Å²) in [6, 6.07) is 6.89. The average molecular weight is 313 g/mol. The number of nitrogens with one attached hydrogen (secondary N) is 1. The second-order valence-corrected chi connectivity index (χ2v) is 7.73. The summed E-state index contributed by atoms with van der Waals surface area (Å²) in [6.45, 7) is 7.60. The smallest absolute Gasteiger partial charge is 0.231 e. The molecular formula is C19H23NO3. The summed E-state index contributed by atoms with van der Waals surface area (Å²) in [7, 11) is 0. The largest absolute Gasteiger partial charge is 0.326 e. The third-order valence-corrected chi connectivity index (χ3v) is 6.69. The summed E-state index contributed by atoms with van der Waals surface area (Å²) in [5, 5.41) is 2.96. The molecule has 1 amide bonds. The molecule has 2 aliphatic carbocycles. The molecule has 2 atom stereocenters. The van der Waals surface area contributed by atoms with Crippen molar-refractivity contribution in [1.82, 2.24) is 0 Å². The van der Waals surface area contributed by atoms with E-state index in [-0.39, 0.29) is 22.9 Å². The lowest BCUT2D eigenvalue weighted by atomic mass is 9.64. The number of benzene rings is 1. The zero-order chi connectivity index (χ0) is 17.0. The molecule has 3 rings (SSSR count). The van der Waals surface area contributed by atoms with Gasteiger partial charge in [-0.1, -0.05) is 20.8 Å². The highest BCUT2D eigenvalue weighted by Crippen LogP contribution is 2.70. The molecule has 2 aliphatic rings. The predicted octanol–water partition coefficient (Wildman–Crippen LogP) is 3.61. The van der Waals surface area contributed by atoms with Crippen molar-refractivity contribution in [3.63, 3.8) is 0 Å². The molecule has 0 radical (unpaired) electrons. The highest BCUT2D eigenvalue weighted by Gasteiger charge is 2.72. The Kier molecular flexibility index (Phi) is 3.29. The second kappa shape index (κ2) is 4.76. The Hall–Kier alpha value is -1.97. The maximum absolute atomic E-state index is 13.0. The van der Waals surface area contributed by atoms with E-state index in [1.165, 1.54) is 6.92 Å². The van der Waals surface area contributed by atoms with Gasteiger partial charge in [-0.3, -0.25) is 14.4 Å². The van der Waals surface area contributed by atoms with Gasteiger partial charge in [-0.15, -0.1) is 0 Å². The van der Waals surface area contributed by atoms with Gasteiger partial charge in [0.15, 0.2) is 5.78 Å². The van der Waals surface area contributed by atoms with Crippen LogP contribution in [0, 0.1) is 16.2 Å². The molecule has 4 heteroatoms. The molecule has 4 nitrogen and oxygen atoms in total. The average Bonchev–Trinajstić information content (AvgIpc) is 2.78. The van der Waals surface area contributed by atoms with Crippen LogP contribution in [-0.2, 0) is 9.59 Å². The molecule has 1 N–H and O–H groups in total. The van der Waals surface area contributed by atoms with Crippen molar-refractivity contribution < 1.29 is 14.4 Å². The summed E-state index contributed by atoms with van der Waals surface area (Å²) in [6.07, 6.45) is 1.85. The quantitative estimate of drug-likeness (QED) is 0.867. The van der Waals surface area contributed by atoms with Gasteiger partial charge in [-0.2, -0.15) is 0 Å². The van der Waals surface area contributed by atoms with E-state index in [1.54, 1.807) is 24.3 Å². The molecule has 23 heavy (non-hydrogen) atoms. The molecule has 0 aliphatic heterocycles. The van der Waals surface area contributed by atoms with Crippen LogP contribution in [-0.4, -0.2) is 17.5 Å². The van der Waals surface area contributed by atoms with E-state index >= 15 is 0 Å². The number of anilines is 1. The monoisotopic (exact) mass is 313 g/mol. The Balaban J connectivity index is 1.86. The number of hydrogen-bond acceptors (Lipinski definition) is 3. The Bertz CT molecular complexity index is 704. The highest BCUT2D eigenvalue weighted by atomic mass is 16.2. The topological polar surface area (TPSA) is 63.2 Å². The lowest BCUT2D eigenvalue weighted by Gasteiger charge is -2.38. The van der Waals surface area contributed by atoms with E-state index in [1.807, 2.05) is 20.8 Å². The standard InChI is InChI=1S/C19H23NO3/c1-12(21)13-5-7-14(8-6-13)20-16(23)19-10-9-18(4,15(22)11-19)17(19,2)3/h5-8H,9-11H2,1-4H3,(H,20,23)/t18-,19+/m1/s1. The zero-order valence-corrected chi connectivity index (χ0v) is 14.2. The molecule has 0 heterocycles. The molecule has 0 unspecified atom stereocenters. The Morgan fingerprint density at radius 1 is 1.04 bits per heavy atom. The molecule has 2 bridgehead atoms. The van der Waals surface area contributed by atoms with Gasteiger partial charge >= 0.3 is 0 Å². The fourth-order valence-electron chi connectivity index (χ4n) is 4.40. The zero-order valence-electron chi connectivity index (χ0n) is 14.2. The first-order valence-electron chi connectivity index (χ1n) is 8.10. The van der Waals surface area contributed by atoms with Gasteiger partial charge in [-0.05, 0) is 49.4 Å². The van der Waals surface area contributed by atoms with Crippen molar-refractivity contribution in [3.8, 4) is 0 Å². The lowest BCUT2D eigenvalue weighted by molar-refractivity contribution is -0.131. The molecule has 0 saturated heterocycles. The molecule has 1 aromatic carbocycles. The van der Waals surface area contributed by atoms with Gasteiger partial charge in [0.2, 0.25) is 5.91 Å². The maximum Gasteiger partial charge on any atom is 0.231 e. The van der Waals surface area contributed by atoms with Gasteiger partial charge < -0.3 is 5.32 Å². The van der Waals surface area contributed by atoms with Crippen LogP contribution in [0.1, 0.15) is 57.3 Å². The van der Waals surface area contributed by atoms with Crippen LogP contribution in [0.4, 0.5) is 5.69 Å². The Morgan fingerprint density at radius 3 is 2.09 bits per heavy atom. The minimum atomic E-state index is -0.627. The first kappa shape index (κ1) is 15.9. The van der Waals surface area contributed by atoms with Crippen LogP contribution in [0.25, 0.3) is 0 Å². The van der Waals surface area contributed by atoms with Crippen LogP contribution in [0.5, 0.6) is 0 Å². The van der Waals surface area contributed by atoms with Crippen LogP contribution in [0.2, 0.25) is 0 Å². The Labute approximate surface area is 136 Å². The van der Waals surface area contributed by atoms with E-state index in [2.05, 4.69) is 5.32 Å². The van der Waals surface area contributed by atoms with E-state index in [0.29, 0.717) is 17.7 Å². The third kappa shape index (κ3) is 1.93. The number of hydrogen-bond donors (Lipinski definition) is 1. The molecule has 1 aromatic rings. The molecule has 2 saturated carbocycles. The number of ketones is 2. The van der Waals surface area contributed by atoms with Crippen molar-refractivity contribution in [3.05, 3.63) is 29.8 Å². The summed E-state index contributed by atoms with van der Waals surface area (Å²) < 4.78 is 0. The first-order valence-corrected chi connectivity index (χ1v) is 8.10.